The highest BCUT2D eigenvalue weighted by molar-refractivity contribution is 7.16. The lowest BCUT2D eigenvalue weighted by Crippen LogP contribution is -2.16. The molecule has 0 spiro atoms. The topological polar surface area (TPSA) is 104 Å². The quantitative estimate of drug-likeness (QED) is 0.371. The number of ether oxygens (including phenoxy) is 1. The SMILES string of the molecule is CCOC(=O)c1ccc2c(c1)sc(=NC(=O)c1cccc([N+](=O)[O-])c1)n2CC. The molecule has 144 valence electrons. The minimum absolute atomic E-state index is 0.140. The number of rotatable bonds is 5. The van der Waals surface area contributed by atoms with E-state index in [0.717, 1.165) is 10.2 Å². The Balaban J connectivity index is 2.06. The molecule has 8 nitrogen and oxygen atoms in total. The molecule has 1 heterocycles. The minimum Gasteiger partial charge on any atom is -0.462 e. The van der Waals surface area contributed by atoms with Crippen molar-refractivity contribution in [2.24, 2.45) is 4.99 Å². The number of carbonyl (C=O) groups excluding carboxylic acids is 2. The molecular weight excluding hydrogens is 382 g/mol. The fourth-order valence-corrected chi connectivity index (χ4v) is 3.84. The Morgan fingerprint density at radius 2 is 1.96 bits per heavy atom. The van der Waals surface area contributed by atoms with Gasteiger partial charge in [0.1, 0.15) is 0 Å². The summed E-state index contributed by atoms with van der Waals surface area (Å²) in [6.45, 7) is 4.51. The molecular formula is C19H17N3O5S. The summed E-state index contributed by atoms with van der Waals surface area (Å²) in [5, 5.41) is 10.9. The van der Waals surface area contributed by atoms with Crippen molar-refractivity contribution in [1.82, 2.24) is 4.57 Å². The first-order chi connectivity index (χ1) is 13.4. The lowest BCUT2D eigenvalue weighted by atomic mass is 10.2. The second-order valence-corrected chi connectivity index (χ2v) is 6.77. The normalized spacial score (nSPS) is 11.6. The van der Waals surface area contributed by atoms with Gasteiger partial charge in [0.05, 0.1) is 27.3 Å². The second-order valence-electron chi connectivity index (χ2n) is 5.76. The Morgan fingerprint density at radius 1 is 1.18 bits per heavy atom. The predicted octanol–water partition coefficient (Wildman–Crippen LogP) is 3.55. The van der Waals surface area contributed by atoms with Crippen LogP contribution < -0.4 is 4.80 Å². The third-order valence-electron chi connectivity index (χ3n) is 4.01. The molecule has 0 aliphatic heterocycles. The van der Waals surface area contributed by atoms with E-state index in [-0.39, 0.29) is 17.9 Å². The average molecular weight is 399 g/mol. The zero-order chi connectivity index (χ0) is 20.3. The summed E-state index contributed by atoms with van der Waals surface area (Å²) in [6, 6.07) is 10.6. The molecule has 0 saturated carbocycles. The van der Waals surface area contributed by atoms with Crippen molar-refractivity contribution in [3.63, 3.8) is 0 Å². The van der Waals surface area contributed by atoms with Crippen molar-refractivity contribution in [2.75, 3.05) is 6.61 Å². The first-order valence-electron chi connectivity index (χ1n) is 8.58. The highest BCUT2D eigenvalue weighted by atomic mass is 32.1. The van der Waals surface area contributed by atoms with Crippen LogP contribution >= 0.6 is 11.3 Å². The van der Waals surface area contributed by atoms with E-state index in [0.29, 0.717) is 16.9 Å². The van der Waals surface area contributed by atoms with Gasteiger partial charge in [0, 0.05) is 24.2 Å². The Labute approximate surface area is 163 Å². The number of aromatic nitrogens is 1. The maximum Gasteiger partial charge on any atom is 0.338 e. The van der Waals surface area contributed by atoms with Gasteiger partial charge in [0.2, 0.25) is 0 Å². The molecule has 0 fully saturated rings. The first kappa shape index (κ1) is 19.4. The monoisotopic (exact) mass is 399 g/mol. The van der Waals surface area contributed by atoms with Crippen molar-refractivity contribution in [3.05, 3.63) is 68.5 Å². The van der Waals surface area contributed by atoms with Gasteiger partial charge in [-0.05, 0) is 38.1 Å². The van der Waals surface area contributed by atoms with E-state index in [1.807, 2.05) is 11.5 Å². The van der Waals surface area contributed by atoms with Crippen LogP contribution in [0.15, 0.2) is 47.5 Å². The average Bonchev–Trinajstić information content (AvgIpc) is 3.04. The van der Waals surface area contributed by atoms with E-state index >= 15 is 0 Å². The Kier molecular flexibility index (Phi) is 5.65. The fourth-order valence-electron chi connectivity index (χ4n) is 2.71. The summed E-state index contributed by atoms with van der Waals surface area (Å²) in [5.74, 6) is -0.977. The minimum atomic E-state index is -0.567. The standard InChI is InChI=1S/C19H17N3O5S/c1-3-21-15-9-8-13(18(24)27-4-2)11-16(15)28-19(21)20-17(23)12-6-5-7-14(10-12)22(25)26/h5-11H,3-4H2,1-2H3. The van der Waals surface area contributed by atoms with E-state index in [1.165, 1.54) is 35.6 Å². The van der Waals surface area contributed by atoms with E-state index in [9.17, 15) is 19.7 Å². The van der Waals surface area contributed by atoms with Crippen LogP contribution in [0.5, 0.6) is 0 Å². The number of fused-ring (bicyclic) bond motifs is 1. The lowest BCUT2D eigenvalue weighted by Gasteiger charge is -2.03. The van der Waals surface area contributed by atoms with E-state index < -0.39 is 16.8 Å². The van der Waals surface area contributed by atoms with Gasteiger partial charge in [-0.2, -0.15) is 4.99 Å². The van der Waals surface area contributed by atoms with E-state index in [1.54, 1.807) is 25.1 Å². The Morgan fingerprint density at radius 3 is 2.64 bits per heavy atom. The Hall–Kier alpha value is -3.33. The highest BCUT2D eigenvalue weighted by Gasteiger charge is 2.14. The third-order valence-corrected chi connectivity index (χ3v) is 5.05. The lowest BCUT2D eigenvalue weighted by molar-refractivity contribution is -0.384. The van der Waals surface area contributed by atoms with Gasteiger partial charge in [-0.15, -0.1) is 0 Å². The molecule has 0 radical (unpaired) electrons. The molecule has 0 N–H and O–H groups in total. The number of nitrogens with zero attached hydrogens (tertiary/aromatic N) is 3. The molecule has 0 bridgehead atoms. The molecule has 0 aliphatic rings. The summed E-state index contributed by atoms with van der Waals surface area (Å²) in [7, 11) is 0. The van der Waals surface area contributed by atoms with Gasteiger partial charge in [-0.25, -0.2) is 4.79 Å². The van der Waals surface area contributed by atoms with Gasteiger partial charge in [-0.1, -0.05) is 17.4 Å². The van der Waals surface area contributed by atoms with Crippen LogP contribution in [-0.4, -0.2) is 28.0 Å². The molecule has 0 aliphatic carbocycles. The molecule has 0 atom stereocenters. The Bertz CT molecular complexity index is 1150. The summed E-state index contributed by atoms with van der Waals surface area (Å²) < 4.78 is 7.66. The summed E-state index contributed by atoms with van der Waals surface area (Å²) >= 11 is 1.27. The van der Waals surface area contributed by atoms with Crippen LogP contribution in [0.3, 0.4) is 0 Å². The maximum atomic E-state index is 12.5. The van der Waals surface area contributed by atoms with Gasteiger partial charge < -0.3 is 9.30 Å². The molecule has 28 heavy (non-hydrogen) atoms. The molecule has 3 aromatic rings. The number of thiazole rings is 1. The number of aryl methyl sites for hydroxylation is 1. The van der Waals surface area contributed by atoms with E-state index in [4.69, 9.17) is 4.74 Å². The predicted molar refractivity (Wildman–Crippen MR) is 104 cm³/mol. The van der Waals surface area contributed by atoms with Crippen LogP contribution in [0, 0.1) is 10.1 Å². The number of nitro benzene ring substituents is 1. The smallest absolute Gasteiger partial charge is 0.338 e. The molecule has 2 aromatic carbocycles. The van der Waals surface area contributed by atoms with Crippen molar-refractivity contribution in [3.8, 4) is 0 Å². The van der Waals surface area contributed by atoms with Crippen molar-refractivity contribution in [1.29, 1.82) is 0 Å². The van der Waals surface area contributed by atoms with Crippen LogP contribution in [0.4, 0.5) is 5.69 Å². The van der Waals surface area contributed by atoms with Crippen molar-refractivity contribution in [2.45, 2.75) is 20.4 Å². The molecule has 0 unspecified atom stereocenters. The number of hydrogen-bond acceptors (Lipinski definition) is 6. The van der Waals surface area contributed by atoms with E-state index in [2.05, 4.69) is 4.99 Å². The van der Waals surface area contributed by atoms with Crippen molar-refractivity contribution < 1.29 is 19.2 Å². The number of amides is 1. The van der Waals surface area contributed by atoms with Gasteiger partial charge in [0.25, 0.3) is 11.6 Å². The van der Waals surface area contributed by atoms with Gasteiger partial charge in [-0.3, -0.25) is 14.9 Å². The van der Waals surface area contributed by atoms with Crippen LogP contribution in [0.25, 0.3) is 10.2 Å². The summed E-state index contributed by atoms with van der Waals surface area (Å²) in [6.07, 6.45) is 0. The number of non-ortho nitro benzene ring substituents is 1. The number of benzene rings is 2. The van der Waals surface area contributed by atoms with Crippen LogP contribution in [-0.2, 0) is 11.3 Å². The zero-order valence-electron chi connectivity index (χ0n) is 15.2. The van der Waals surface area contributed by atoms with Gasteiger partial charge in [0.15, 0.2) is 4.80 Å². The molecule has 9 heteroatoms. The summed E-state index contributed by atoms with van der Waals surface area (Å²) in [4.78, 5) is 39.4. The molecule has 1 aromatic heterocycles. The number of esters is 1. The number of hydrogen-bond donors (Lipinski definition) is 0. The maximum absolute atomic E-state index is 12.5. The van der Waals surface area contributed by atoms with Crippen LogP contribution in [0.1, 0.15) is 34.6 Å². The largest absolute Gasteiger partial charge is 0.462 e. The van der Waals surface area contributed by atoms with Crippen molar-refractivity contribution >= 4 is 39.1 Å². The van der Waals surface area contributed by atoms with Gasteiger partial charge >= 0.3 is 5.97 Å². The van der Waals surface area contributed by atoms with Crippen LogP contribution in [0.2, 0.25) is 0 Å². The number of carbonyl (C=O) groups is 2. The second kappa shape index (κ2) is 8.13. The molecule has 0 saturated heterocycles. The zero-order valence-corrected chi connectivity index (χ0v) is 16.1. The molecule has 1 amide bonds. The highest BCUT2D eigenvalue weighted by Crippen LogP contribution is 2.20. The number of nitro groups is 1. The molecule has 3 rings (SSSR count). The first-order valence-corrected chi connectivity index (χ1v) is 9.40. The third kappa shape index (κ3) is 3.84. The summed E-state index contributed by atoms with van der Waals surface area (Å²) in [5.41, 5.74) is 1.24. The fraction of sp³-hybridized carbons (Fsp3) is 0.211.